The molecule has 0 amide bonds. The minimum absolute atomic E-state index is 0.0146. The van der Waals surface area contributed by atoms with Gasteiger partial charge in [-0.25, -0.2) is 9.18 Å². The molecule has 0 saturated carbocycles. The highest BCUT2D eigenvalue weighted by Crippen LogP contribution is 2.14. The Kier molecular flexibility index (Phi) is 4.73. The van der Waals surface area contributed by atoms with Gasteiger partial charge >= 0.3 is 5.97 Å². The van der Waals surface area contributed by atoms with Crippen molar-refractivity contribution in [3.05, 3.63) is 35.1 Å². The molecule has 1 saturated heterocycles. The molecule has 20 heavy (non-hydrogen) atoms. The zero-order chi connectivity index (χ0) is 14.7. The van der Waals surface area contributed by atoms with Gasteiger partial charge in [0.15, 0.2) is 0 Å². The second-order valence-electron chi connectivity index (χ2n) is 5.56. The maximum atomic E-state index is 13.4. The van der Waals surface area contributed by atoms with E-state index in [0.717, 1.165) is 37.8 Å². The maximum absolute atomic E-state index is 13.4. The van der Waals surface area contributed by atoms with Crippen LogP contribution in [0.3, 0.4) is 0 Å². The summed E-state index contributed by atoms with van der Waals surface area (Å²) in [6.45, 7) is 8.82. The van der Waals surface area contributed by atoms with Crippen molar-refractivity contribution in [2.75, 3.05) is 26.2 Å². The number of halogens is 1. The van der Waals surface area contributed by atoms with Crippen LogP contribution in [0, 0.1) is 5.82 Å². The lowest BCUT2D eigenvalue weighted by Crippen LogP contribution is -2.48. The summed E-state index contributed by atoms with van der Waals surface area (Å²) in [4.78, 5) is 15.6. The number of rotatable bonds is 4. The number of carboxylic acids is 1. The monoisotopic (exact) mass is 280 g/mol. The van der Waals surface area contributed by atoms with Crippen molar-refractivity contribution in [1.29, 1.82) is 0 Å². The molecule has 0 spiro atoms. The number of piperazine rings is 1. The summed E-state index contributed by atoms with van der Waals surface area (Å²) >= 11 is 0. The number of hydrogen-bond acceptors (Lipinski definition) is 3. The predicted molar refractivity (Wildman–Crippen MR) is 75.3 cm³/mol. The van der Waals surface area contributed by atoms with Gasteiger partial charge in [0.25, 0.3) is 0 Å². The lowest BCUT2D eigenvalue weighted by atomic mass is 10.1. The van der Waals surface area contributed by atoms with E-state index in [1.165, 1.54) is 6.07 Å². The van der Waals surface area contributed by atoms with Crippen LogP contribution in [0.2, 0.25) is 0 Å². The largest absolute Gasteiger partial charge is 0.478 e. The van der Waals surface area contributed by atoms with Crippen LogP contribution in [0.1, 0.15) is 29.8 Å². The average Bonchev–Trinajstić information content (AvgIpc) is 2.38. The molecule has 0 bridgehead atoms. The number of carboxylic acid groups (broad SMARTS) is 1. The summed E-state index contributed by atoms with van der Waals surface area (Å²) in [7, 11) is 0. The van der Waals surface area contributed by atoms with Crippen LogP contribution in [-0.2, 0) is 6.54 Å². The summed E-state index contributed by atoms with van der Waals surface area (Å²) in [5.74, 6) is -1.57. The standard InChI is InChI=1S/C15H21FN2O2/c1-11(2)18-5-3-17(4-6-18)10-12-7-13(15(19)20)9-14(16)8-12/h7-9,11H,3-6,10H2,1-2H3,(H,19,20). The van der Waals surface area contributed by atoms with Gasteiger partial charge in [-0.2, -0.15) is 0 Å². The van der Waals surface area contributed by atoms with Gasteiger partial charge in [0.2, 0.25) is 0 Å². The summed E-state index contributed by atoms with van der Waals surface area (Å²) in [5, 5.41) is 8.95. The van der Waals surface area contributed by atoms with Gasteiger partial charge in [-0.3, -0.25) is 9.80 Å². The second kappa shape index (κ2) is 6.33. The predicted octanol–water partition coefficient (Wildman–Crippen LogP) is 2.05. The van der Waals surface area contributed by atoms with Crippen molar-refractivity contribution in [2.24, 2.45) is 0 Å². The van der Waals surface area contributed by atoms with Crippen LogP contribution < -0.4 is 0 Å². The summed E-state index contributed by atoms with van der Waals surface area (Å²) in [6.07, 6.45) is 0. The van der Waals surface area contributed by atoms with Crippen molar-refractivity contribution >= 4 is 5.97 Å². The Hall–Kier alpha value is -1.46. The van der Waals surface area contributed by atoms with Gasteiger partial charge in [-0.05, 0) is 37.6 Å². The lowest BCUT2D eigenvalue weighted by Gasteiger charge is -2.36. The molecule has 1 aromatic rings. The van der Waals surface area contributed by atoms with Crippen LogP contribution in [0.5, 0.6) is 0 Å². The summed E-state index contributed by atoms with van der Waals surface area (Å²) < 4.78 is 13.4. The Balaban J connectivity index is 1.99. The Bertz CT molecular complexity index is 483. The van der Waals surface area contributed by atoms with Gasteiger partial charge in [-0.1, -0.05) is 0 Å². The highest BCUT2D eigenvalue weighted by Gasteiger charge is 2.19. The van der Waals surface area contributed by atoms with E-state index in [0.29, 0.717) is 12.6 Å². The van der Waals surface area contributed by atoms with Gasteiger partial charge in [0.05, 0.1) is 5.56 Å². The minimum Gasteiger partial charge on any atom is -0.478 e. The molecule has 4 nitrogen and oxygen atoms in total. The quantitative estimate of drug-likeness (QED) is 0.916. The van der Waals surface area contributed by atoms with E-state index in [-0.39, 0.29) is 5.56 Å². The molecule has 1 aromatic carbocycles. The number of carbonyl (C=O) groups is 1. The van der Waals surface area contributed by atoms with Gasteiger partial charge in [0, 0.05) is 38.8 Å². The molecule has 5 heteroatoms. The molecule has 1 fully saturated rings. The number of benzene rings is 1. The first-order valence-electron chi connectivity index (χ1n) is 6.95. The molecule has 0 unspecified atom stereocenters. The fraction of sp³-hybridized carbons (Fsp3) is 0.533. The number of nitrogens with zero attached hydrogens (tertiary/aromatic N) is 2. The molecule has 0 atom stereocenters. The summed E-state index contributed by atoms with van der Waals surface area (Å²) in [6, 6.07) is 4.58. The fourth-order valence-electron chi connectivity index (χ4n) is 2.56. The van der Waals surface area contributed by atoms with Crippen molar-refractivity contribution in [3.63, 3.8) is 0 Å². The van der Waals surface area contributed by atoms with Crippen LogP contribution in [-0.4, -0.2) is 53.1 Å². The Morgan fingerprint density at radius 1 is 1.25 bits per heavy atom. The Labute approximate surface area is 118 Å². The van der Waals surface area contributed by atoms with Crippen LogP contribution in [0.25, 0.3) is 0 Å². The van der Waals surface area contributed by atoms with Gasteiger partial charge in [-0.15, -0.1) is 0 Å². The number of hydrogen-bond donors (Lipinski definition) is 1. The van der Waals surface area contributed by atoms with Crippen molar-refractivity contribution in [1.82, 2.24) is 9.80 Å². The Morgan fingerprint density at radius 3 is 2.45 bits per heavy atom. The first-order chi connectivity index (χ1) is 9.45. The molecule has 0 aromatic heterocycles. The first kappa shape index (κ1) is 14.9. The number of aromatic carboxylic acids is 1. The van der Waals surface area contributed by atoms with E-state index in [1.54, 1.807) is 6.07 Å². The first-order valence-corrected chi connectivity index (χ1v) is 6.95. The molecule has 0 aliphatic carbocycles. The zero-order valence-electron chi connectivity index (χ0n) is 12.0. The van der Waals surface area contributed by atoms with Crippen molar-refractivity contribution in [3.8, 4) is 0 Å². The van der Waals surface area contributed by atoms with E-state index >= 15 is 0 Å². The van der Waals surface area contributed by atoms with E-state index in [1.807, 2.05) is 0 Å². The molecule has 110 valence electrons. The van der Waals surface area contributed by atoms with Crippen LogP contribution in [0.15, 0.2) is 18.2 Å². The molecule has 0 radical (unpaired) electrons. The highest BCUT2D eigenvalue weighted by molar-refractivity contribution is 5.87. The highest BCUT2D eigenvalue weighted by atomic mass is 19.1. The Morgan fingerprint density at radius 2 is 1.90 bits per heavy atom. The summed E-state index contributed by atoms with van der Waals surface area (Å²) in [5.41, 5.74) is 0.737. The topological polar surface area (TPSA) is 43.8 Å². The van der Waals surface area contributed by atoms with Gasteiger partial charge < -0.3 is 5.11 Å². The van der Waals surface area contributed by atoms with Crippen molar-refractivity contribution < 1.29 is 14.3 Å². The minimum atomic E-state index is -1.09. The third-order valence-electron chi connectivity index (χ3n) is 3.75. The van der Waals surface area contributed by atoms with E-state index < -0.39 is 11.8 Å². The molecule has 1 heterocycles. The lowest BCUT2D eigenvalue weighted by molar-refractivity contribution is 0.0695. The third kappa shape index (κ3) is 3.77. The van der Waals surface area contributed by atoms with Gasteiger partial charge in [0.1, 0.15) is 5.82 Å². The zero-order valence-corrected chi connectivity index (χ0v) is 12.0. The molecular weight excluding hydrogens is 259 g/mol. The van der Waals surface area contributed by atoms with E-state index in [2.05, 4.69) is 23.6 Å². The van der Waals surface area contributed by atoms with E-state index in [4.69, 9.17) is 5.11 Å². The van der Waals surface area contributed by atoms with Crippen LogP contribution in [0.4, 0.5) is 4.39 Å². The molecule has 1 aliphatic rings. The molecule has 1 aliphatic heterocycles. The smallest absolute Gasteiger partial charge is 0.335 e. The van der Waals surface area contributed by atoms with Crippen molar-refractivity contribution in [2.45, 2.75) is 26.4 Å². The molecular formula is C15H21FN2O2. The molecule has 1 N–H and O–H groups in total. The van der Waals surface area contributed by atoms with E-state index in [9.17, 15) is 9.18 Å². The average molecular weight is 280 g/mol. The third-order valence-corrected chi connectivity index (χ3v) is 3.75. The second-order valence-corrected chi connectivity index (χ2v) is 5.56. The normalized spacial score (nSPS) is 17.6. The fourth-order valence-corrected chi connectivity index (χ4v) is 2.56. The SMILES string of the molecule is CC(C)N1CCN(Cc2cc(F)cc(C(=O)O)c2)CC1. The maximum Gasteiger partial charge on any atom is 0.335 e. The molecule has 2 rings (SSSR count). The van der Waals surface area contributed by atoms with Crippen LogP contribution >= 0.6 is 0 Å².